The van der Waals surface area contributed by atoms with Gasteiger partial charge in [0.2, 0.25) is 0 Å². The van der Waals surface area contributed by atoms with Crippen molar-refractivity contribution in [2.75, 3.05) is 44.3 Å². The Balaban J connectivity index is 1.51. The van der Waals surface area contributed by atoms with Gasteiger partial charge in [-0.1, -0.05) is 6.08 Å². The van der Waals surface area contributed by atoms with Gasteiger partial charge in [0.25, 0.3) is 0 Å². The molecule has 1 unspecified atom stereocenters. The van der Waals surface area contributed by atoms with Crippen LogP contribution in [0, 0.1) is 0 Å². The number of rotatable bonds is 7. The Labute approximate surface area is 198 Å². The molecule has 2 aliphatic heterocycles. The highest BCUT2D eigenvalue weighted by Gasteiger charge is 2.37. The summed E-state index contributed by atoms with van der Waals surface area (Å²) in [7, 11) is 0. The number of alkyl halides is 1. The minimum Gasteiger partial charge on any atom is -0.385 e. The molecule has 0 bridgehead atoms. The van der Waals surface area contributed by atoms with E-state index in [-0.39, 0.29) is 6.04 Å². The molecule has 2 aliphatic rings. The minimum atomic E-state index is -1.05. The summed E-state index contributed by atoms with van der Waals surface area (Å²) in [5.41, 5.74) is 0.439. The summed E-state index contributed by atoms with van der Waals surface area (Å²) >= 11 is 0. The van der Waals surface area contributed by atoms with E-state index in [1.807, 2.05) is 12.1 Å². The number of piperidine rings is 1. The van der Waals surface area contributed by atoms with Gasteiger partial charge in [-0.15, -0.1) is 6.58 Å². The zero-order chi connectivity index (χ0) is 23.7. The van der Waals surface area contributed by atoms with Crippen LogP contribution >= 0.6 is 0 Å². The van der Waals surface area contributed by atoms with Crippen LogP contribution in [0.4, 0.5) is 10.2 Å². The minimum absolute atomic E-state index is 0.165. The van der Waals surface area contributed by atoms with Crippen molar-refractivity contribution in [3.8, 4) is 5.82 Å². The Morgan fingerprint density at radius 1 is 1.38 bits per heavy atom. The van der Waals surface area contributed by atoms with E-state index in [1.165, 1.54) is 0 Å². The summed E-state index contributed by atoms with van der Waals surface area (Å²) in [6, 6.07) is 4.01. The van der Waals surface area contributed by atoms with Gasteiger partial charge in [-0.05, 0) is 37.8 Å². The maximum absolute atomic E-state index is 14.1. The molecule has 3 aromatic rings. The fraction of sp³-hybridized carbons (Fsp3) is 0.542. The number of nitrogens with one attached hydrogen (secondary N) is 1. The van der Waals surface area contributed by atoms with E-state index >= 15 is 0 Å². The first-order chi connectivity index (χ1) is 16.5. The van der Waals surface area contributed by atoms with E-state index in [2.05, 4.69) is 38.6 Å². The number of aromatic nitrogens is 5. The van der Waals surface area contributed by atoms with Gasteiger partial charge in [-0.3, -0.25) is 5.10 Å². The number of pyridine rings is 1. The number of fused-ring (bicyclic) bond motifs is 1. The van der Waals surface area contributed by atoms with Crippen molar-refractivity contribution < 1.29 is 14.2 Å². The van der Waals surface area contributed by atoms with Crippen molar-refractivity contribution in [3.05, 3.63) is 42.7 Å². The van der Waals surface area contributed by atoms with E-state index in [1.54, 1.807) is 23.2 Å². The molecule has 0 aromatic carbocycles. The fourth-order valence-electron chi connectivity index (χ4n) is 5.04. The zero-order valence-electron chi connectivity index (χ0n) is 19.5. The molecule has 2 atom stereocenters. The van der Waals surface area contributed by atoms with Crippen LogP contribution in [0.2, 0.25) is 0 Å². The van der Waals surface area contributed by atoms with Crippen molar-refractivity contribution >= 4 is 16.9 Å². The molecule has 0 amide bonds. The van der Waals surface area contributed by atoms with Gasteiger partial charge in [0.15, 0.2) is 11.5 Å². The number of H-pyrrole nitrogens is 1. The number of hydrogen-bond acceptors (Lipinski definition) is 7. The molecule has 2 saturated heterocycles. The topological polar surface area (TPSA) is 95.3 Å². The third-order valence-corrected chi connectivity index (χ3v) is 6.97. The number of ether oxygens (including phenoxy) is 1. The van der Waals surface area contributed by atoms with E-state index in [9.17, 15) is 9.50 Å². The first-order valence-corrected chi connectivity index (χ1v) is 11.9. The summed E-state index contributed by atoms with van der Waals surface area (Å²) in [6.45, 7) is 9.33. The predicted octanol–water partition coefficient (Wildman–Crippen LogP) is 2.57. The van der Waals surface area contributed by atoms with Crippen LogP contribution in [0.1, 0.15) is 31.7 Å². The SMILES string of the molecule is C=CCC(F)CN1CCC(O)(c2cc(N3CCOC[C@H]3C)nc3c2cnn3-c2ccn[nH]2)CC1. The maximum atomic E-state index is 14.1. The van der Waals surface area contributed by atoms with Gasteiger partial charge >= 0.3 is 0 Å². The molecule has 2 fully saturated rings. The number of nitrogens with zero attached hydrogens (tertiary/aromatic N) is 6. The van der Waals surface area contributed by atoms with Crippen molar-refractivity contribution in [2.24, 2.45) is 0 Å². The molecular formula is C24H32FN7O2. The molecule has 9 nitrogen and oxygen atoms in total. The molecule has 182 valence electrons. The van der Waals surface area contributed by atoms with Crippen LogP contribution in [0.15, 0.2) is 37.2 Å². The Hall–Kier alpha value is -2.82. The lowest BCUT2D eigenvalue weighted by Crippen LogP contribution is -2.45. The summed E-state index contributed by atoms with van der Waals surface area (Å²) in [6.07, 6.45) is 5.49. The molecule has 2 N–H and O–H groups in total. The highest BCUT2D eigenvalue weighted by Crippen LogP contribution is 2.39. The summed E-state index contributed by atoms with van der Waals surface area (Å²) in [4.78, 5) is 9.27. The van der Waals surface area contributed by atoms with E-state index in [4.69, 9.17) is 9.72 Å². The molecular weight excluding hydrogens is 437 g/mol. The highest BCUT2D eigenvalue weighted by atomic mass is 19.1. The summed E-state index contributed by atoms with van der Waals surface area (Å²) in [5.74, 6) is 1.50. The van der Waals surface area contributed by atoms with Gasteiger partial charge in [0.1, 0.15) is 12.0 Å². The third kappa shape index (κ3) is 4.33. The van der Waals surface area contributed by atoms with Crippen molar-refractivity contribution in [1.82, 2.24) is 29.9 Å². The Morgan fingerprint density at radius 2 is 2.21 bits per heavy atom. The summed E-state index contributed by atoms with van der Waals surface area (Å²) < 4.78 is 21.5. The second-order valence-electron chi connectivity index (χ2n) is 9.33. The molecule has 0 aliphatic carbocycles. The largest absolute Gasteiger partial charge is 0.385 e. The standard InChI is InChI=1S/C24H32FN7O2/c1-3-4-18(25)15-30-9-6-24(33,7-10-30)20-13-22(31-11-12-34-16-17(31)2)28-23-19(20)14-27-32(23)21-5-8-26-29-21/h3,5,8,13-14,17-18,33H,1,4,6-7,9-12,15-16H2,2H3,(H,26,29)/t17-,18?/m1/s1. The number of hydrogen-bond donors (Lipinski definition) is 2. The number of aliphatic hydroxyl groups is 1. The van der Waals surface area contributed by atoms with Crippen LogP contribution < -0.4 is 4.90 Å². The number of allylic oxidation sites excluding steroid dienone is 1. The first-order valence-electron chi connectivity index (χ1n) is 11.9. The molecule has 10 heteroatoms. The Bertz CT molecular complexity index is 1120. The van der Waals surface area contributed by atoms with Gasteiger partial charge in [0.05, 0.1) is 37.3 Å². The van der Waals surface area contributed by atoms with Crippen LogP contribution in [0.5, 0.6) is 0 Å². The fourth-order valence-corrected chi connectivity index (χ4v) is 5.04. The van der Waals surface area contributed by atoms with Crippen molar-refractivity contribution in [2.45, 2.75) is 44.0 Å². The quantitative estimate of drug-likeness (QED) is 0.514. The van der Waals surface area contributed by atoms with Crippen molar-refractivity contribution in [3.63, 3.8) is 0 Å². The number of anilines is 1. The van der Waals surface area contributed by atoms with Crippen LogP contribution in [0.25, 0.3) is 16.9 Å². The molecule has 0 radical (unpaired) electrons. The van der Waals surface area contributed by atoms with Gasteiger partial charge in [-0.2, -0.15) is 14.9 Å². The second-order valence-corrected chi connectivity index (χ2v) is 9.33. The normalized spacial score (nSPS) is 22.2. The van der Waals surface area contributed by atoms with E-state index in [0.29, 0.717) is 63.6 Å². The Kier molecular flexibility index (Phi) is 6.37. The smallest absolute Gasteiger partial charge is 0.167 e. The highest BCUT2D eigenvalue weighted by molar-refractivity contribution is 5.83. The second kappa shape index (κ2) is 9.44. The lowest BCUT2D eigenvalue weighted by Gasteiger charge is -2.40. The molecule has 3 aromatic heterocycles. The van der Waals surface area contributed by atoms with Crippen LogP contribution in [-0.4, -0.2) is 86.6 Å². The number of halogens is 1. The predicted molar refractivity (Wildman–Crippen MR) is 128 cm³/mol. The Morgan fingerprint density at radius 3 is 2.91 bits per heavy atom. The molecule has 34 heavy (non-hydrogen) atoms. The van der Waals surface area contributed by atoms with Crippen LogP contribution in [-0.2, 0) is 10.3 Å². The number of morpholine rings is 1. The molecule has 0 spiro atoms. The van der Waals surface area contributed by atoms with Crippen molar-refractivity contribution in [1.29, 1.82) is 0 Å². The average molecular weight is 470 g/mol. The lowest BCUT2D eigenvalue weighted by molar-refractivity contribution is -0.0288. The zero-order valence-corrected chi connectivity index (χ0v) is 19.5. The molecule has 5 rings (SSSR count). The first kappa shape index (κ1) is 22.9. The molecule has 0 saturated carbocycles. The van der Waals surface area contributed by atoms with Gasteiger partial charge in [0, 0.05) is 37.6 Å². The summed E-state index contributed by atoms with van der Waals surface area (Å²) in [5, 5.41) is 24.2. The monoisotopic (exact) mass is 469 g/mol. The molecule has 5 heterocycles. The van der Waals surface area contributed by atoms with Gasteiger partial charge in [-0.25, -0.2) is 9.37 Å². The number of likely N-dealkylation sites (tertiary alicyclic amines) is 1. The lowest BCUT2D eigenvalue weighted by atomic mass is 9.83. The van der Waals surface area contributed by atoms with Gasteiger partial charge < -0.3 is 19.6 Å². The maximum Gasteiger partial charge on any atom is 0.167 e. The third-order valence-electron chi connectivity index (χ3n) is 6.97. The van der Waals surface area contributed by atoms with E-state index in [0.717, 1.165) is 23.3 Å². The number of aromatic amines is 1. The van der Waals surface area contributed by atoms with E-state index < -0.39 is 11.8 Å². The van der Waals surface area contributed by atoms with Crippen LogP contribution in [0.3, 0.4) is 0 Å². The average Bonchev–Trinajstić information content (AvgIpc) is 3.50.